The molecule has 2 heterocycles. The van der Waals surface area contributed by atoms with Gasteiger partial charge in [-0.2, -0.15) is 18.2 Å². The summed E-state index contributed by atoms with van der Waals surface area (Å²) in [5.74, 6) is -0.645. The molecule has 1 aromatic carbocycles. The summed E-state index contributed by atoms with van der Waals surface area (Å²) in [6.07, 6.45) is -1.22. The van der Waals surface area contributed by atoms with Crippen LogP contribution in [0, 0.1) is 11.2 Å². The number of rotatable bonds is 6. The van der Waals surface area contributed by atoms with Gasteiger partial charge in [-0.3, -0.25) is 0 Å². The van der Waals surface area contributed by atoms with Crippen LogP contribution in [0.4, 0.5) is 29.3 Å². The molecule has 1 aliphatic carbocycles. The topological polar surface area (TPSA) is 87.1 Å². The fraction of sp³-hybridized carbons (Fsp3) is 0.391. The van der Waals surface area contributed by atoms with Crippen molar-refractivity contribution in [3.63, 3.8) is 0 Å². The summed E-state index contributed by atoms with van der Waals surface area (Å²) in [5, 5.41) is 13.0. The van der Waals surface area contributed by atoms with Gasteiger partial charge in [0.25, 0.3) is 0 Å². The van der Waals surface area contributed by atoms with E-state index in [-0.39, 0.29) is 30.2 Å². The molecule has 0 radical (unpaired) electrons. The van der Waals surface area contributed by atoms with Crippen LogP contribution >= 0.6 is 0 Å². The molecule has 0 aliphatic heterocycles. The maximum Gasteiger partial charge on any atom is 0.421 e. The van der Waals surface area contributed by atoms with Crippen LogP contribution in [0.15, 0.2) is 43.0 Å². The molecular weight excluding hydrogens is 452 g/mol. The second-order valence-electron chi connectivity index (χ2n) is 8.89. The van der Waals surface area contributed by atoms with Gasteiger partial charge in [-0.25, -0.2) is 19.3 Å². The molecule has 180 valence electrons. The summed E-state index contributed by atoms with van der Waals surface area (Å²) < 4.78 is 54.4. The smallest absolute Gasteiger partial charge is 0.392 e. The Balaban J connectivity index is 1.61. The number of hydrogen-bond donors (Lipinski definition) is 2. The number of alkyl halides is 3. The van der Waals surface area contributed by atoms with E-state index < -0.39 is 23.3 Å². The molecule has 1 saturated carbocycles. The lowest BCUT2D eigenvalue weighted by molar-refractivity contribution is -0.137. The van der Waals surface area contributed by atoms with Crippen molar-refractivity contribution in [2.75, 3.05) is 17.3 Å². The van der Waals surface area contributed by atoms with Crippen molar-refractivity contribution in [1.29, 1.82) is 0 Å². The summed E-state index contributed by atoms with van der Waals surface area (Å²) in [4.78, 5) is 17.8. The Kier molecular flexibility index (Phi) is 6.15. The number of hydrogen-bond acceptors (Lipinski definition) is 7. The highest BCUT2D eigenvalue weighted by molar-refractivity contribution is 5.63. The molecule has 0 bridgehead atoms. The molecular formula is C23H24F4N6O. The zero-order chi connectivity index (χ0) is 24.7. The van der Waals surface area contributed by atoms with Crippen molar-refractivity contribution in [3.8, 4) is 11.3 Å². The number of nitrogens with zero attached hydrogens (tertiary/aromatic N) is 5. The minimum atomic E-state index is -4.64. The first kappa shape index (κ1) is 23.8. The van der Waals surface area contributed by atoms with Crippen molar-refractivity contribution in [1.82, 2.24) is 19.9 Å². The SMILES string of the molecule is CN(c1nc(NCc2cncnc2-c2ccc(F)cc2)ncc1C(F)(F)F)[C@@H]1C[C@H](O)C1(C)C. The van der Waals surface area contributed by atoms with Crippen molar-refractivity contribution in [3.05, 3.63) is 59.9 Å². The second-order valence-corrected chi connectivity index (χ2v) is 8.89. The van der Waals surface area contributed by atoms with E-state index in [9.17, 15) is 22.7 Å². The lowest BCUT2D eigenvalue weighted by Crippen LogP contribution is -2.60. The van der Waals surface area contributed by atoms with Gasteiger partial charge in [0.2, 0.25) is 5.95 Å². The van der Waals surface area contributed by atoms with Crippen LogP contribution in [0.5, 0.6) is 0 Å². The van der Waals surface area contributed by atoms with E-state index in [0.29, 0.717) is 23.2 Å². The van der Waals surface area contributed by atoms with E-state index in [4.69, 9.17) is 0 Å². The van der Waals surface area contributed by atoms with Gasteiger partial charge >= 0.3 is 6.18 Å². The van der Waals surface area contributed by atoms with Gasteiger partial charge in [0.15, 0.2) is 0 Å². The second kappa shape index (κ2) is 8.79. The third kappa shape index (κ3) is 4.52. The number of benzene rings is 1. The van der Waals surface area contributed by atoms with Crippen molar-refractivity contribution in [2.45, 2.75) is 45.1 Å². The van der Waals surface area contributed by atoms with Crippen LogP contribution in [-0.4, -0.2) is 44.2 Å². The van der Waals surface area contributed by atoms with Gasteiger partial charge in [0.05, 0.1) is 11.8 Å². The van der Waals surface area contributed by atoms with Crippen molar-refractivity contribution >= 4 is 11.8 Å². The van der Waals surface area contributed by atoms with E-state index in [2.05, 4.69) is 25.3 Å². The van der Waals surface area contributed by atoms with Crippen LogP contribution in [0.3, 0.4) is 0 Å². The van der Waals surface area contributed by atoms with Crippen LogP contribution in [-0.2, 0) is 12.7 Å². The van der Waals surface area contributed by atoms with E-state index in [1.54, 1.807) is 18.3 Å². The summed E-state index contributed by atoms with van der Waals surface area (Å²) in [7, 11) is 1.54. The van der Waals surface area contributed by atoms with Crippen LogP contribution < -0.4 is 10.2 Å². The monoisotopic (exact) mass is 476 g/mol. The quantitative estimate of drug-likeness (QED) is 0.513. The molecule has 2 atom stereocenters. The van der Waals surface area contributed by atoms with Crippen LogP contribution in [0.2, 0.25) is 0 Å². The minimum Gasteiger partial charge on any atom is -0.392 e. The fourth-order valence-electron chi connectivity index (χ4n) is 4.14. The zero-order valence-electron chi connectivity index (χ0n) is 18.8. The molecule has 0 unspecified atom stereocenters. The fourth-order valence-corrected chi connectivity index (χ4v) is 4.14. The number of aliphatic hydroxyl groups is 1. The average Bonchev–Trinajstić information content (AvgIpc) is 2.80. The van der Waals surface area contributed by atoms with Gasteiger partial charge in [-0.05, 0) is 30.7 Å². The third-order valence-electron chi connectivity index (χ3n) is 6.38. The maximum atomic E-state index is 13.7. The molecule has 7 nitrogen and oxygen atoms in total. The molecule has 1 fully saturated rings. The Hall–Kier alpha value is -3.34. The molecule has 1 aliphatic rings. The van der Waals surface area contributed by atoms with E-state index >= 15 is 0 Å². The van der Waals surface area contributed by atoms with Crippen molar-refractivity contribution in [2.24, 2.45) is 5.41 Å². The summed E-state index contributed by atoms with van der Waals surface area (Å²) in [6, 6.07) is 5.47. The standard InChI is InChI=1S/C23H24F4N6O/c1-22(2)17(8-18(22)34)33(3)20-16(23(25,26)27)11-30-21(32-20)29-10-14-9-28-12-31-19(14)13-4-6-15(24)7-5-13/h4-7,9,11-12,17-18,34H,8,10H2,1-3H3,(H,29,30,32)/t17-,18+/m1/s1. The molecule has 2 aromatic heterocycles. The Labute approximate surface area is 193 Å². The Morgan fingerprint density at radius 2 is 1.85 bits per heavy atom. The molecule has 4 rings (SSSR count). The van der Waals surface area contributed by atoms with Gasteiger partial charge in [-0.1, -0.05) is 13.8 Å². The largest absolute Gasteiger partial charge is 0.421 e. The highest BCUT2D eigenvalue weighted by Gasteiger charge is 2.51. The molecule has 34 heavy (non-hydrogen) atoms. The summed E-state index contributed by atoms with van der Waals surface area (Å²) in [5.41, 5.74) is 0.322. The maximum absolute atomic E-state index is 13.7. The molecule has 0 amide bonds. The van der Waals surface area contributed by atoms with Gasteiger partial charge < -0.3 is 15.3 Å². The van der Waals surface area contributed by atoms with Gasteiger partial charge in [0, 0.05) is 48.6 Å². The van der Waals surface area contributed by atoms with E-state index in [1.165, 1.54) is 30.4 Å². The normalized spacial score (nSPS) is 19.4. The van der Waals surface area contributed by atoms with E-state index in [0.717, 1.165) is 6.20 Å². The van der Waals surface area contributed by atoms with Gasteiger partial charge in [0.1, 0.15) is 23.5 Å². The first-order chi connectivity index (χ1) is 16.0. The highest BCUT2D eigenvalue weighted by Crippen LogP contribution is 2.46. The average molecular weight is 476 g/mol. The molecule has 2 N–H and O–H groups in total. The predicted octanol–water partition coefficient (Wildman–Crippen LogP) is 4.30. The zero-order valence-corrected chi connectivity index (χ0v) is 18.8. The van der Waals surface area contributed by atoms with Crippen molar-refractivity contribution < 1.29 is 22.7 Å². The molecule has 11 heteroatoms. The molecule has 0 spiro atoms. The Morgan fingerprint density at radius 3 is 2.47 bits per heavy atom. The first-order valence-corrected chi connectivity index (χ1v) is 10.6. The summed E-state index contributed by atoms with van der Waals surface area (Å²) >= 11 is 0. The van der Waals surface area contributed by atoms with Crippen LogP contribution in [0.1, 0.15) is 31.4 Å². The number of aliphatic hydroxyl groups excluding tert-OH is 1. The van der Waals surface area contributed by atoms with Crippen LogP contribution in [0.25, 0.3) is 11.3 Å². The number of nitrogens with one attached hydrogen (secondary N) is 1. The lowest BCUT2D eigenvalue weighted by Gasteiger charge is -2.53. The number of anilines is 2. The molecule has 0 saturated heterocycles. The Bertz CT molecular complexity index is 1170. The minimum absolute atomic E-state index is 0.00133. The lowest BCUT2D eigenvalue weighted by atomic mass is 9.64. The molecule has 3 aromatic rings. The number of halogens is 4. The Morgan fingerprint density at radius 1 is 1.15 bits per heavy atom. The van der Waals surface area contributed by atoms with E-state index in [1.807, 2.05) is 13.8 Å². The number of aromatic nitrogens is 4. The third-order valence-corrected chi connectivity index (χ3v) is 6.38. The first-order valence-electron chi connectivity index (χ1n) is 10.6. The summed E-state index contributed by atoms with van der Waals surface area (Å²) in [6.45, 7) is 3.75. The van der Waals surface area contributed by atoms with Gasteiger partial charge in [-0.15, -0.1) is 0 Å². The predicted molar refractivity (Wildman–Crippen MR) is 118 cm³/mol. The highest BCUT2D eigenvalue weighted by atomic mass is 19.4.